The Bertz CT molecular complexity index is 935. The Morgan fingerprint density at radius 2 is 1.86 bits per heavy atom. The number of methoxy groups -OCH3 is 1. The number of fused-ring (bicyclic) bond motifs is 1. The first-order valence-electron chi connectivity index (χ1n) is 10.3. The Labute approximate surface area is 176 Å². The van der Waals surface area contributed by atoms with Crippen LogP contribution in [0.4, 0.5) is 5.69 Å². The van der Waals surface area contributed by atoms with Crippen LogP contribution in [0.5, 0.6) is 11.5 Å². The van der Waals surface area contributed by atoms with Crippen LogP contribution in [0, 0.1) is 6.92 Å². The van der Waals surface area contributed by atoms with Gasteiger partial charge >= 0.3 is 0 Å². The molecule has 1 aliphatic rings. The maximum absolute atomic E-state index is 5.94. The van der Waals surface area contributed by atoms with Crippen LogP contribution in [-0.2, 0) is 0 Å². The van der Waals surface area contributed by atoms with Crippen molar-refractivity contribution in [3.05, 3.63) is 47.5 Å². The topological polar surface area (TPSA) is 37.8 Å². The minimum atomic E-state index is 0.760. The molecule has 0 atom stereocenters. The van der Waals surface area contributed by atoms with Crippen LogP contribution in [0.15, 0.2) is 42.5 Å². The molecule has 1 aliphatic heterocycles. The fourth-order valence-corrected chi connectivity index (χ4v) is 4.65. The van der Waals surface area contributed by atoms with Crippen molar-refractivity contribution in [3.63, 3.8) is 0 Å². The minimum absolute atomic E-state index is 0.760. The van der Waals surface area contributed by atoms with Gasteiger partial charge in [-0.2, -0.15) is 0 Å². The van der Waals surface area contributed by atoms with Crippen molar-refractivity contribution in [2.75, 3.05) is 51.3 Å². The predicted molar refractivity (Wildman–Crippen MR) is 121 cm³/mol. The molecule has 0 bridgehead atoms. The largest absolute Gasteiger partial charge is 0.495 e. The van der Waals surface area contributed by atoms with E-state index in [2.05, 4.69) is 45.1 Å². The average molecular weight is 412 g/mol. The molecule has 1 saturated heterocycles. The van der Waals surface area contributed by atoms with E-state index in [4.69, 9.17) is 9.47 Å². The highest BCUT2D eigenvalue weighted by atomic mass is 32.1. The second-order valence-electron chi connectivity index (χ2n) is 7.42. The van der Waals surface area contributed by atoms with Gasteiger partial charge in [-0.3, -0.25) is 4.90 Å². The fourth-order valence-electron chi connectivity index (χ4n) is 3.84. The third-order valence-corrected chi connectivity index (χ3v) is 6.35. The molecule has 154 valence electrons. The molecule has 0 amide bonds. The highest BCUT2D eigenvalue weighted by Crippen LogP contribution is 2.28. The van der Waals surface area contributed by atoms with Gasteiger partial charge in [-0.25, -0.2) is 4.98 Å². The van der Waals surface area contributed by atoms with Crippen LogP contribution in [0.1, 0.15) is 17.8 Å². The summed E-state index contributed by atoms with van der Waals surface area (Å²) in [6.45, 7) is 8.22. The number of hydrogen-bond acceptors (Lipinski definition) is 6. The van der Waals surface area contributed by atoms with E-state index in [9.17, 15) is 0 Å². The van der Waals surface area contributed by atoms with Gasteiger partial charge in [0.2, 0.25) is 0 Å². The summed E-state index contributed by atoms with van der Waals surface area (Å²) in [5, 5.41) is 1.10. The van der Waals surface area contributed by atoms with Gasteiger partial charge in [0.15, 0.2) is 0 Å². The number of benzene rings is 2. The van der Waals surface area contributed by atoms with E-state index in [0.29, 0.717) is 0 Å². The summed E-state index contributed by atoms with van der Waals surface area (Å²) in [5.41, 5.74) is 2.24. The second-order valence-corrected chi connectivity index (χ2v) is 8.65. The Morgan fingerprint density at radius 3 is 2.69 bits per heavy atom. The quantitative estimate of drug-likeness (QED) is 0.507. The van der Waals surface area contributed by atoms with Crippen molar-refractivity contribution in [3.8, 4) is 11.5 Å². The van der Waals surface area contributed by atoms with E-state index in [1.54, 1.807) is 18.4 Å². The Morgan fingerprint density at radius 1 is 1.03 bits per heavy atom. The number of piperazine rings is 1. The number of para-hydroxylation sites is 2. The molecule has 29 heavy (non-hydrogen) atoms. The molecule has 2 heterocycles. The maximum atomic E-state index is 5.94. The summed E-state index contributed by atoms with van der Waals surface area (Å²) in [5.74, 6) is 1.89. The van der Waals surface area contributed by atoms with Crippen molar-refractivity contribution in [1.29, 1.82) is 0 Å². The molecule has 0 saturated carbocycles. The molecule has 6 heteroatoms. The molecule has 4 rings (SSSR count). The van der Waals surface area contributed by atoms with Crippen molar-refractivity contribution in [2.45, 2.75) is 19.8 Å². The molecular weight excluding hydrogens is 382 g/mol. The zero-order valence-electron chi connectivity index (χ0n) is 17.3. The Hall–Kier alpha value is -2.31. The molecule has 0 aliphatic carbocycles. The number of hydrogen-bond donors (Lipinski definition) is 0. The molecule has 1 fully saturated rings. The number of anilines is 1. The van der Waals surface area contributed by atoms with Gasteiger partial charge < -0.3 is 14.4 Å². The monoisotopic (exact) mass is 411 g/mol. The van der Waals surface area contributed by atoms with E-state index in [1.807, 2.05) is 19.1 Å². The number of ether oxygens (including phenoxy) is 2. The molecule has 0 unspecified atom stereocenters. The van der Waals surface area contributed by atoms with Crippen LogP contribution >= 0.6 is 11.3 Å². The number of nitrogens with zero attached hydrogens (tertiary/aromatic N) is 3. The molecule has 0 radical (unpaired) electrons. The summed E-state index contributed by atoms with van der Waals surface area (Å²) >= 11 is 1.73. The van der Waals surface area contributed by atoms with Gasteiger partial charge in [-0.1, -0.05) is 12.1 Å². The van der Waals surface area contributed by atoms with E-state index < -0.39 is 0 Å². The summed E-state index contributed by atoms with van der Waals surface area (Å²) in [4.78, 5) is 9.52. The summed E-state index contributed by atoms with van der Waals surface area (Å²) < 4.78 is 12.7. The summed E-state index contributed by atoms with van der Waals surface area (Å²) in [6.07, 6.45) is 2.23. The summed E-state index contributed by atoms with van der Waals surface area (Å²) in [7, 11) is 1.74. The predicted octanol–water partition coefficient (Wildman–Crippen LogP) is 4.59. The third kappa shape index (κ3) is 5.00. The molecular formula is C23H29N3O2S. The molecule has 2 aromatic carbocycles. The number of aryl methyl sites for hydroxylation is 1. The van der Waals surface area contributed by atoms with Crippen LogP contribution in [-0.4, -0.2) is 56.3 Å². The van der Waals surface area contributed by atoms with Gasteiger partial charge in [0.05, 0.1) is 34.6 Å². The zero-order chi connectivity index (χ0) is 20.1. The molecule has 3 aromatic rings. The zero-order valence-corrected chi connectivity index (χ0v) is 18.1. The smallest absolute Gasteiger partial charge is 0.142 e. The van der Waals surface area contributed by atoms with Crippen molar-refractivity contribution in [2.24, 2.45) is 0 Å². The SMILES string of the molecule is COc1ccccc1N1CCN(CCCCOc2ccc3sc(C)nc3c2)CC1. The lowest BCUT2D eigenvalue weighted by atomic mass is 10.2. The van der Waals surface area contributed by atoms with Crippen molar-refractivity contribution in [1.82, 2.24) is 9.88 Å². The highest BCUT2D eigenvalue weighted by Gasteiger charge is 2.19. The molecule has 5 nitrogen and oxygen atoms in total. The number of thiazole rings is 1. The average Bonchev–Trinajstić information content (AvgIpc) is 3.13. The molecule has 0 N–H and O–H groups in total. The highest BCUT2D eigenvalue weighted by molar-refractivity contribution is 7.18. The standard InChI is InChI=1S/C23H29N3O2S/c1-18-24-20-17-19(9-10-23(20)29-18)28-16-6-5-11-25-12-14-26(15-13-25)21-7-3-4-8-22(21)27-2/h3-4,7-10,17H,5-6,11-16H2,1-2H3. The minimum Gasteiger partial charge on any atom is -0.495 e. The van der Waals surface area contributed by atoms with Crippen LogP contribution in [0.3, 0.4) is 0 Å². The number of rotatable bonds is 8. The first-order chi connectivity index (χ1) is 14.2. The lowest BCUT2D eigenvalue weighted by molar-refractivity contribution is 0.238. The van der Waals surface area contributed by atoms with Crippen molar-refractivity contribution < 1.29 is 9.47 Å². The van der Waals surface area contributed by atoms with Gasteiger partial charge in [0, 0.05) is 32.2 Å². The fraction of sp³-hybridized carbons (Fsp3) is 0.435. The van der Waals surface area contributed by atoms with E-state index in [0.717, 1.165) is 74.2 Å². The van der Waals surface area contributed by atoms with E-state index >= 15 is 0 Å². The van der Waals surface area contributed by atoms with Crippen LogP contribution in [0.2, 0.25) is 0 Å². The lowest BCUT2D eigenvalue weighted by Gasteiger charge is -2.36. The van der Waals surface area contributed by atoms with Gasteiger partial charge in [-0.05, 0) is 50.6 Å². The summed E-state index contributed by atoms with van der Waals surface area (Å²) in [6, 6.07) is 14.5. The second kappa shape index (κ2) is 9.46. The third-order valence-electron chi connectivity index (χ3n) is 5.40. The Kier molecular flexibility index (Phi) is 6.52. The first kappa shape index (κ1) is 20.0. The Balaban J connectivity index is 1.16. The molecule has 0 spiro atoms. The van der Waals surface area contributed by atoms with E-state index in [1.165, 1.54) is 10.4 Å². The number of aromatic nitrogens is 1. The van der Waals surface area contributed by atoms with Gasteiger partial charge in [0.1, 0.15) is 11.5 Å². The normalized spacial score (nSPS) is 15.0. The van der Waals surface area contributed by atoms with E-state index in [-0.39, 0.29) is 0 Å². The van der Waals surface area contributed by atoms with Crippen molar-refractivity contribution >= 4 is 27.2 Å². The molecule has 1 aromatic heterocycles. The first-order valence-corrected chi connectivity index (χ1v) is 11.1. The lowest BCUT2D eigenvalue weighted by Crippen LogP contribution is -2.46. The van der Waals surface area contributed by atoms with Crippen LogP contribution in [0.25, 0.3) is 10.2 Å². The van der Waals surface area contributed by atoms with Crippen LogP contribution < -0.4 is 14.4 Å². The maximum Gasteiger partial charge on any atom is 0.142 e. The van der Waals surface area contributed by atoms with Gasteiger partial charge in [0.25, 0.3) is 0 Å². The van der Waals surface area contributed by atoms with Gasteiger partial charge in [-0.15, -0.1) is 11.3 Å². The number of unbranched alkanes of at least 4 members (excludes halogenated alkanes) is 1.